The number of hydrogen-bond acceptors (Lipinski definition) is 2. The first-order chi connectivity index (χ1) is 10.3. The van der Waals surface area contributed by atoms with Crippen molar-refractivity contribution in [2.24, 2.45) is 0 Å². The van der Waals surface area contributed by atoms with Gasteiger partial charge >= 0.3 is 0 Å². The molecule has 0 saturated carbocycles. The summed E-state index contributed by atoms with van der Waals surface area (Å²) in [5.74, 6) is 0. The Morgan fingerprint density at radius 2 is 1.86 bits per heavy atom. The van der Waals surface area contributed by atoms with E-state index >= 15 is 0 Å². The largest absolute Gasteiger partial charge is 0.304 e. The first-order valence-electron chi connectivity index (χ1n) is 7.31. The van der Waals surface area contributed by atoms with Gasteiger partial charge in [0.05, 0.1) is 6.04 Å². The number of carbonyl (C=O) groups excluding carboxylic acids is 1. The molecule has 0 spiro atoms. The molecule has 1 fully saturated rings. The minimum atomic E-state index is -0.0602. The predicted octanol–water partition coefficient (Wildman–Crippen LogP) is 3.36. The van der Waals surface area contributed by atoms with Crippen LogP contribution in [0.3, 0.4) is 0 Å². The van der Waals surface area contributed by atoms with E-state index in [1.807, 2.05) is 0 Å². The average Bonchev–Trinajstić information content (AvgIpc) is 3.20. The molecule has 1 aliphatic carbocycles. The molecule has 106 valence electrons. The zero-order valence-electron chi connectivity index (χ0n) is 12.0. The van der Waals surface area contributed by atoms with Crippen molar-refractivity contribution in [3.8, 4) is 11.1 Å². The Hall–Kier alpha value is -2.19. The number of aldehydes is 1. The van der Waals surface area contributed by atoms with Crippen LogP contribution in [-0.4, -0.2) is 18.9 Å². The van der Waals surface area contributed by atoms with Gasteiger partial charge in [-0.05, 0) is 41.6 Å². The number of hydrogen-bond donors (Lipinski definition) is 1. The molecule has 1 saturated heterocycles. The first-order valence-corrected chi connectivity index (χ1v) is 7.31. The van der Waals surface area contributed by atoms with E-state index in [1.165, 1.54) is 28.7 Å². The maximum Gasteiger partial charge on any atom is 0.141 e. The van der Waals surface area contributed by atoms with Gasteiger partial charge in [0, 0.05) is 0 Å². The zero-order chi connectivity index (χ0) is 14.7. The van der Waals surface area contributed by atoms with E-state index in [1.54, 1.807) is 0 Å². The van der Waals surface area contributed by atoms with Crippen LogP contribution >= 0.6 is 0 Å². The summed E-state index contributed by atoms with van der Waals surface area (Å²) in [5.41, 5.74) is 6.70. The van der Waals surface area contributed by atoms with Gasteiger partial charge in [-0.15, -0.1) is 0 Å². The van der Waals surface area contributed by atoms with E-state index in [-0.39, 0.29) is 6.04 Å². The molecule has 1 heterocycles. The minimum absolute atomic E-state index is 0.0602. The molecule has 2 nitrogen and oxygen atoms in total. The summed E-state index contributed by atoms with van der Waals surface area (Å²) in [6, 6.07) is 17.2. The lowest BCUT2D eigenvalue weighted by Gasteiger charge is -1.98. The standard InChI is InChI=1S/C13H10.C6H9NO/c1-2-4-10(5-3-1)11-6-7-12-9-13(12)8-11;1-5-2-3-7-6(5)4-8/h1-8H,9H2;4,6-7H,1-3H2. The van der Waals surface area contributed by atoms with Crippen LogP contribution in [0.4, 0.5) is 0 Å². The number of fused-ring (bicyclic) bond motifs is 1. The second-order valence-electron chi connectivity index (χ2n) is 5.50. The third-order valence-corrected chi connectivity index (χ3v) is 3.96. The number of rotatable bonds is 2. The maximum atomic E-state index is 10.1. The summed E-state index contributed by atoms with van der Waals surface area (Å²) in [6.07, 6.45) is 3.05. The highest BCUT2D eigenvalue weighted by atomic mass is 16.1. The van der Waals surface area contributed by atoms with E-state index < -0.39 is 0 Å². The van der Waals surface area contributed by atoms with Crippen molar-refractivity contribution in [1.82, 2.24) is 5.32 Å². The Kier molecular flexibility index (Phi) is 3.98. The lowest BCUT2D eigenvalue weighted by molar-refractivity contribution is -0.108. The van der Waals surface area contributed by atoms with Crippen LogP contribution in [0.5, 0.6) is 0 Å². The summed E-state index contributed by atoms with van der Waals surface area (Å²) in [6.45, 7) is 4.62. The number of benzene rings is 2. The van der Waals surface area contributed by atoms with Crippen molar-refractivity contribution >= 4 is 6.29 Å². The van der Waals surface area contributed by atoms with Crippen molar-refractivity contribution in [1.29, 1.82) is 0 Å². The average molecular weight is 277 g/mol. The van der Waals surface area contributed by atoms with Gasteiger partial charge in [0.1, 0.15) is 6.29 Å². The molecule has 1 aliphatic heterocycles. The highest BCUT2D eigenvalue weighted by Gasteiger charge is 2.16. The monoisotopic (exact) mass is 277 g/mol. The van der Waals surface area contributed by atoms with Gasteiger partial charge in [-0.1, -0.05) is 60.7 Å². The Morgan fingerprint density at radius 3 is 2.43 bits per heavy atom. The van der Waals surface area contributed by atoms with Gasteiger partial charge in [0.15, 0.2) is 0 Å². The third-order valence-electron chi connectivity index (χ3n) is 3.96. The number of carbonyl (C=O) groups is 1. The SMILES string of the molecule is C=C1CCNC1C=O.c1ccc(-c2ccc3c(c2)C3)cc1. The normalized spacial score (nSPS) is 18.5. The quantitative estimate of drug-likeness (QED) is 0.575. The van der Waals surface area contributed by atoms with Crippen LogP contribution in [0, 0.1) is 0 Å². The van der Waals surface area contributed by atoms with Crippen molar-refractivity contribution in [3.05, 3.63) is 71.8 Å². The van der Waals surface area contributed by atoms with Crippen molar-refractivity contribution in [3.63, 3.8) is 0 Å². The molecule has 0 bridgehead atoms. The van der Waals surface area contributed by atoms with E-state index in [0.29, 0.717) is 0 Å². The Balaban J connectivity index is 0.000000143. The minimum Gasteiger partial charge on any atom is -0.304 e. The Morgan fingerprint density at radius 1 is 1.05 bits per heavy atom. The summed E-state index contributed by atoms with van der Waals surface area (Å²) >= 11 is 0. The summed E-state index contributed by atoms with van der Waals surface area (Å²) < 4.78 is 0. The molecule has 2 heteroatoms. The molecule has 1 N–H and O–H groups in total. The molecule has 21 heavy (non-hydrogen) atoms. The number of nitrogens with one attached hydrogen (secondary N) is 1. The van der Waals surface area contributed by atoms with Crippen LogP contribution in [0.2, 0.25) is 0 Å². The van der Waals surface area contributed by atoms with Crippen LogP contribution in [0.15, 0.2) is 60.7 Å². The van der Waals surface area contributed by atoms with Crippen LogP contribution in [0.1, 0.15) is 17.5 Å². The van der Waals surface area contributed by atoms with Gasteiger partial charge in [-0.2, -0.15) is 0 Å². The molecular formula is C19H19NO. The lowest BCUT2D eigenvalue weighted by atomic mass is 10.1. The topological polar surface area (TPSA) is 29.1 Å². The Labute approximate surface area is 125 Å². The van der Waals surface area contributed by atoms with Crippen molar-refractivity contribution in [2.75, 3.05) is 6.54 Å². The van der Waals surface area contributed by atoms with Gasteiger partial charge in [-0.25, -0.2) is 0 Å². The van der Waals surface area contributed by atoms with E-state index in [4.69, 9.17) is 0 Å². The van der Waals surface area contributed by atoms with E-state index in [0.717, 1.165) is 24.8 Å². The van der Waals surface area contributed by atoms with Crippen molar-refractivity contribution < 1.29 is 4.79 Å². The summed E-state index contributed by atoms with van der Waals surface area (Å²) in [4.78, 5) is 10.1. The fourth-order valence-electron chi connectivity index (χ4n) is 2.54. The van der Waals surface area contributed by atoms with E-state index in [9.17, 15) is 4.79 Å². The maximum absolute atomic E-state index is 10.1. The highest BCUT2D eigenvalue weighted by Crippen LogP contribution is 2.32. The second kappa shape index (κ2) is 6.06. The van der Waals surface area contributed by atoms with Crippen LogP contribution in [0.25, 0.3) is 11.1 Å². The molecular weight excluding hydrogens is 258 g/mol. The fourth-order valence-corrected chi connectivity index (χ4v) is 2.54. The van der Waals surface area contributed by atoms with Crippen molar-refractivity contribution in [2.45, 2.75) is 18.9 Å². The fraction of sp³-hybridized carbons (Fsp3) is 0.211. The highest BCUT2D eigenvalue weighted by molar-refractivity contribution is 5.67. The molecule has 2 aliphatic rings. The Bertz CT molecular complexity index is 661. The lowest BCUT2D eigenvalue weighted by Crippen LogP contribution is -2.23. The summed E-state index contributed by atoms with van der Waals surface area (Å²) in [5, 5.41) is 2.99. The zero-order valence-corrected chi connectivity index (χ0v) is 12.0. The molecule has 2 aromatic rings. The van der Waals surface area contributed by atoms with Gasteiger partial charge in [-0.3, -0.25) is 0 Å². The molecule has 2 aromatic carbocycles. The molecule has 4 rings (SSSR count). The summed E-state index contributed by atoms with van der Waals surface area (Å²) in [7, 11) is 0. The second-order valence-corrected chi connectivity index (χ2v) is 5.50. The van der Waals surface area contributed by atoms with E-state index in [2.05, 4.69) is 60.4 Å². The molecule has 0 amide bonds. The smallest absolute Gasteiger partial charge is 0.141 e. The molecule has 1 atom stereocenters. The van der Waals surface area contributed by atoms with Gasteiger partial charge < -0.3 is 10.1 Å². The molecule has 1 unspecified atom stereocenters. The van der Waals surface area contributed by atoms with Crippen LogP contribution < -0.4 is 5.32 Å². The van der Waals surface area contributed by atoms with Gasteiger partial charge in [0.25, 0.3) is 0 Å². The third kappa shape index (κ3) is 3.29. The van der Waals surface area contributed by atoms with Crippen LogP contribution in [-0.2, 0) is 11.2 Å². The predicted molar refractivity (Wildman–Crippen MR) is 86.3 cm³/mol. The first kappa shape index (κ1) is 13.8. The van der Waals surface area contributed by atoms with Gasteiger partial charge in [0.2, 0.25) is 0 Å². The molecule has 0 aromatic heterocycles. The molecule has 0 radical (unpaired) electrons.